The van der Waals surface area contributed by atoms with Crippen LogP contribution in [0.3, 0.4) is 0 Å². The molecular formula is C13H24O2. The van der Waals surface area contributed by atoms with E-state index in [4.69, 9.17) is 4.74 Å². The highest BCUT2D eigenvalue weighted by atomic mass is 16.5. The molecule has 15 heavy (non-hydrogen) atoms. The summed E-state index contributed by atoms with van der Waals surface area (Å²) in [4.78, 5) is 11.7. The number of rotatable bonds is 6. The average Bonchev–Trinajstić information content (AvgIpc) is 2.29. The van der Waals surface area contributed by atoms with Crippen molar-refractivity contribution in [2.75, 3.05) is 13.2 Å². The average molecular weight is 212 g/mol. The highest BCUT2D eigenvalue weighted by Crippen LogP contribution is 2.30. The third kappa shape index (κ3) is 4.33. The fourth-order valence-electron chi connectivity index (χ4n) is 2.33. The monoisotopic (exact) mass is 212 g/mol. The summed E-state index contributed by atoms with van der Waals surface area (Å²) in [5.74, 6) is 1.49. The van der Waals surface area contributed by atoms with Crippen LogP contribution in [-0.4, -0.2) is 19.0 Å². The number of hydrogen-bond donors (Lipinski definition) is 0. The van der Waals surface area contributed by atoms with Gasteiger partial charge in [-0.15, -0.1) is 0 Å². The lowest BCUT2D eigenvalue weighted by Gasteiger charge is -2.26. The Balaban J connectivity index is 2.18. The normalized spacial score (nSPS) is 26.5. The van der Waals surface area contributed by atoms with E-state index in [0.717, 1.165) is 31.8 Å². The molecule has 0 bridgehead atoms. The molecule has 2 nitrogen and oxygen atoms in total. The standard InChI is InChI=1S/C13H24O2/c1-3-9-15-10-13(14)12-7-5-11(4-2)6-8-12/h11-12H,3-10H2,1-2H3. The van der Waals surface area contributed by atoms with Crippen LogP contribution < -0.4 is 0 Å². The molecule has 0 aromatic carbocycles. The molecule has 1 aliphatic rings. The van der Waals surface area contributed by atoms with E-state index < -0.39 is 0 Å². The number of carbonyl (C=O) groups excluding carboxylic acids is 1. The van der Waals surface area contributed by atoms with Gasteiger partial charge in [0.1, 0.15) is 6.61 Å². The van der Waals surface area contributed by atoms with Crippen molar-refractivity contribution < 1.29 is 9.53 Å². The summed E-state index contributed by atoms with van der Waals surface area (Å²) in [6.45, 7) is 5.37. The Labute approximate surface area is 93.4 Å². The molecule has 0 amide bonds. The predicted octanol–water partition coefficient (Wildman–Crippen LogP) is 3.20. The summed E-state index contributed by atoms with van der Waals surface area (Å²) < 4.78 is 5.30. The van der Waals surface area contributed by atoms with Crippen molar-refractivity contribution in [2.45, 2.75) is 52.4 Å². The number of carbonyl (C=O) groups is 1. The first-order chi connectivity index (χ1) is 7.27. The smallest absolute Gasteiger partial charge is 0.161 e. The van der Waals surface area contributed by atoms with E-state index in [1.807, 2.05) is 0 Å². The van der Waals surface area contributed by atoms with Gasteiger partial charge in [0.05, 0.1) is 0 Å². The highest BCUT2D eigenvalue weighted by molar-refractivity contribution is 5.82. The summed E-state index contributed by atoms with van der Waals surface area (Å²) in [5.41, 5.74) is 0. The SMILES string of the molecule is CCCOCC(=O)C1CCC(CC)CC1. The lowest BCUT2D eigenvalue weighted by atomic mass is 9.79. The molecule has 0 aromatic heterocycles. The Morgan fingerprint density at radius 1 is 1.20 bits per heavy atom. The first-order valence-electron chi connectivity index (χ1n) is 6.38. The zero-order valence-electron chi connectivity index (χ0n) is 10.1. The number of ether oxygens (including phenoxy) is 1. The summed E-state index contributed by atoms with van der Waals surface area (Å²) in [6, 6.07) is 0. The third-order valence-electron chi connectivity index (χ3n) is 3.47. The van der Waals surface area contributed by atoms with Gasteiger partial charge in [0.25, 0.3) is 0 Å². The topological polar surface area (TPSA) is 26.3 Å². The minimum absolute atomic E-state index is 0.296. The van der Waals surface area contributed by atoms with Crippen LogP contribution in [0.1, 0.15) is 52.4 Å². The van der Waals surface area contributed by atoms with Crippen LogP contribution in [0.15, 0.2) is 0 Å². The summed E-state index contributed by atoms with van der Waals surface area (Å²) in [6.07, 6.45) is 6.92. The summed E-state index contributed by atoms with van der Waals surface area (Å²) >= 11 is 0. The Morgan fingerprint density at radius 3 is 2.40 bits per heavy atom. The lowest BCUT2D eigenvalue weighted by molar-refractivity contribution is -0.128. The van der Waals surface area contributed by atoms with Crippen molar-refractivity contribution in [3.63, 3.8) is 0 Å². The maximum atomic E-state index is 11.7. The molecule has 88 valence electrons. The fourth-order valence-corrected chi connectivity index (χ4v) is 2.33. The second kappa shape index (κ2) is 7.00. The van der Waals surface area contributed by atoms with Gasteiger partial charge >= 0.3 is 0 Å². The molecular weight excluding hydrogens is 188 g/mol. The molecule has 1 aliphatic carbocycles. The van der Waals surface area contributed by atoms with Crippen molar-refractivity contribution in [1.82, 2.24) is 0 Å². The molecule has 0 N–H and O–H groups in total. The van der Waals surface area contributed by atoms with E-state index >= 15 is 0 Å². The minimum Gasteiger partial charge on any atom is -0.374 e. The Hall–Kier alpha value is -0.370. The lowest BCUT2D eigenvalue weighted by Crippen LogP contribution is -2.25. The van der Waals surface area contributed by atoms with E-state index in [1.54, 1.807) is 0 Å². The van der Waals surface area contributed by atoms with Crippen LogP contribution in [-0.2, 0) is 9.53 Å². The van der Waals surface area contributed by atoms with Crippen LogP contribution in [0.4, 0.5) is 0 Å². The molecule has 1 saturated carbocycles. The predicted molar refractivity (Wildman–Crippen MR) is 61.9 cm³/mol. The molecule has 0 heterocycles. The van der Waals surface area contributed by atoms with Crippen LogP contribution >= 0.6 is 0 Å². The van der Waals surface area contributed by atoms with Crippen molar-refractivity contribution in [3.05, 3.63) is 0 Å². The van der Waals surface area contributed by atoms with Gasteiger partial charge in [-0.3, -0.25) is 4.79 Å². The summed E-state index contributed by atoms with van der Waals surface area (Å²) in [5, 5.41) is 0. The molecule has 0 unspecified atom stereocenters. The maximum Gasteiger partial charge on any atom is 0.161 e. The van der Waals surface area contributed by atoms with Crippen molar-refractivity contribution in [2.24, 2.45) is 11.8 Å². The third-order valence-corrected chi connectivity index (χ3v) is 3.47. The Kier molecular flexibility index (Phi) is 5.92. The molecule has 0 spiro atoms. The first kappa shape index (κ1) is 12.7. The number of hydrogen-bond acceptors (Lipinski definition) is 2. The van der Waals surface area contributed by atoms with E-state index in [0.29, 0.717) is 18.3 Å². The van der Waals surface area contributed by atoms with Crippen LogP contribution in [0.2, 0.25) is 0 Å². The van der Waals surface area contributed by atoms with Crippen LogP contribution in [0, 0.1) is 11.8 Å². The van der Waals surface area contributed by atoms with Crippen molar-refractivity contribution >= 4 is 5.78 Å². The Morgan fingerprint density at radius 2 is 1.87 bits per heavy atom. The van der Waals surface area contributed by atoms with E-state index in [9.17, 15) is 4.79 Å². The van der Waals surface area contributed by atoms with Crippen LogP contribution in [0.5, 0.6) is 0 Å². The molecule has 1 fully saturated rings. The molecule has 0 atom stereocenters. The van der Waals surface area contributed by atoms with Gasteiger partial charge in [-0.2, -0.15) is 0 Å². The second-order valence-corrected chi connectivity index (χ2v) is 4.64. The number of ketones is 1. The van der Waals surface area contributed by atoms with Gasteiger partial charge in [-0.05, 0) is 38.0 Å². The van der Waals surface area contributed by atoms with Gasteiger partial charge in [-0.25, -0.2) is 0 Å². The van der Waals surface area contributed by atoms with Gasteiger partial charge in [-0.1, -0.05) is 20.3 Å². The van der Waals surface area contributed by atoms with Gasteiger partial charge in [0.15, 0.2) is 5.78 Å². The van der Waals surface area contributed by atoms with E-state index in [1.165, 1.54) is 19.3 Å². The minimum atomic E-state index is 0.296. The molecule has 1 rings (SSSR count). The van der Waals surface area contributed by atoms with Crippen molar-refractivity contribution in [3.8, 4) is 0 Å². The quantitative estimate of drug-likeness (QED) is 0.632. The molecule has 0 aliphatic heterocycles. The van der Waals surface area contributed by atoms with Crippen molar-refractivity contribution in [1.29, 1.82) is 0 Å². The van der Waals surface area contributed by atoms with Gasteiger partial charge in [0, 0.05) is 12.5 Å². The van der Waals surface area contributed by atoms with E-state index in [2.05, 4.69) is 13.8 Å². The second-order valence-electron chi connectivity index (χ2n) is 4.64. The maximum absolute atomic E-state index is 11.7. The molecule has 0 radical (unpaired) electrons. The van der Waals surface area contributed by atoms with Gasteiger partial charge in [0.2, 0.25) is 0 Å². The first-order valence-corrected chi connectivity index (χ1v) is 6.38. The largest absolute Gasteiger partial charge is 0.374 e. The fraction of sp³-hybridized carbons (Fsp3) is 0.923. The molecule has 0 aromatic rings. The van der Waals surface area contributed by atoms with Crippen LogP contribution in [0.25, 0.3) is 0 Å². The molecule has 2 heteroatoms. The molecule has 0 saturated heterocycles. The van der Waals surface area contributed by atoms with Gasteiger partial charge < -0.3 is 4.74 Å². The summed E-state index contributed by atoms with van der Waals surface area (Å²) in [7, 11) is 0. The zero-order valence-corrected chi connectivity index (χ0v) is 10.1. The van der Waals surface area contributed by atoms with E-state index in [-0.39, 0.29) is 0 Å². The number of Topliss-reactive ketones (excluding diaryl/α,β-unsaturated/α-hetero) is 1. The zero-order chi connectivity index (χ0) is 11.1. The highest BCUT2D eigenvalue weighted by Gasteiger charge is 2.24. The Bertz CT molecular complexity index is 181.